The predicted octanol–water partition coefficient (Wildman–Crippen LogP) is 2.90. The van der Waals surface area contributed by atoms with E-state index in [4.69, 9.17) is 9.52 Å². The molecule has 3 nitrogen and oxygen atoms in total. The minimum absolute atomic E-state index is 0.175. The van der Waals surface area contributed by atoms with Gasteiger partial charge < -0.3 is 9.52 Å². The van der Waals surface area contributed by atoms with E-state index >= 15 is 0 Å². The molecular weight excluding hydrogens is 258 g/mol. The highest BCUT2D eigenvalue weighted by Crippen LogP contribution is 2.29. The summed E-state index contributed by atoms with van der Waals surface area (Å²) in [5.74, 6) is 1.06. The van der Waals surface area contributed by atoms with Crippen molar-refractivity contribution in [3.63, 3.8) is 0 Å². The van der Waals surface area contributed by atoms with Gasteiger partial charge in [0.2, 0.25) is 5.89 Å². The van der Waals surface area contributed by atoms with Crippen molar-refractivity contribution < 1.29 is 9.52 Å². The molecule has 0 aliphatic heterocycles. The lowest BCUT2D eigenvalue weighted by molar-refractivity contribution is 0.238. The van der Waals surface area contributed by atoms with E-state index in [1.807, 2.05) is 31.2 Å². The highest BCUT2D eigenvalue weighted by molar-refractivity contribution is 9.10. The highest BCUT2D eigenvalue weighted by atomic mass is 79.9. The second-order valence-corrected chi connectivity index (χ2v) is 4.00. The number of hydrogen-bond acceptors (Lipinski definition) is 3. The van der Waals surface area contributed by atoms with Crippen LogP contribution in [0.15, 0.2) is 33.2 Å². The van der Waals surface area contributed by atoms with Crippen LogP contribution >= 0.6 is 15.9 Å². The number of aryl methyl sites for hydroxylation is 1. The molecule has 78 valence electrons. The topological polar surface area (TPSA) is 46.3 Å². The lowest BCUT2D eigenvalue weighted by atomic mass is 10.1. The van der Waals surface area contributed by atoms with Crippen molar-refractivity contribution in [3.05, 3.63) is 40.4 Å². The lowest BCUT2D eigenvalue weighted by Crippen LogP contribution is -1.84. The maximum Gasteiger partial charge on any atom is 0.220 e. The van der Waals surface area contributed by atoms with E-state index < -0.39 is 0 Å². The molecule has 0 aliphatic carbocycles. The van der Waals surface area contributed by atoms with Gasteiger partial charge >= 0.3 is 0 Å². The number of aliphatic hydroxyl groups is 1. The molecule has 0 bridgehead atoms. The minimum atomic E-state index is -0.175. The fourth-order valence-electron chi connectivity index (χ4n) is 1.42. The van der Waals surface area contributed by atoms with Gasteiger partial charge in [-0.15, -0.1) is 0 Å². The first kappa shape index (κ1) is 10.4. The van der Waals surface area contributed by atoms with E-state index in [9.17, 15) is 0 Å². The van der Waals surface area contributed by atoms with Gasteiger partial charge in [0.25, 0.3) is 0 Å². The van der Waals surface area contributed by atoms with Gasteiger partial charge in [-0.3, -0.25) is 0 Å². The van der Waals surface area contributed by atoms with Crippen LogP contribution in [-0.4, -0.2) is 10.1 Å². The Morgan fingerprint density at radius 2 is 2.13 bits per heavy atom. The molecule has 1 N–H and O–H groups in total. The molecule has 0 saturated carbocycles. The molecule has 1 aromatic heterocycles. The third-order valence-corrected chi connectivity index (χ3v) is 2.80. The Morgan fingerprint density at radius 3 is 2.73 bits per heavy atom. The van der Waals surface area contributed by atoms with Crippen LogP contribution in [0.5, 0.6) is 0 Å². The fraction of sp³-hybridized carbons (Fsp3) is 0.182. The van der Waals surface area contributed by atoms with Crippen molar-refractivity contribution in [2.45, 2.75) is 13.5 Å². The summed E-state index contributed by atoms with van der Waals surface area (Å²) in [6.07, 6.45) is 0. The van der Waals surface area contributed by atoms with Gasteiger partial charge in [-0.1, -0.05) is 34.1 Å². The molecular formula is C11H10BrNO2. The van der Waals surface area contributed by atoms with Crippen LogP contribution in [0.4, 0.5) is 0 Å². The Morgan fingerprint density at radius 1 is 1.40 bits per heavy atom. The maximum atomic E-state index is 8.92. The number of aliphatic hydroxyl groups excluding tert-OH is 1. The van der Waals surface area contributed by atoms with E-state index in [0.29, 0.717) is 11.7 Å². The van der Waals surface area contributed by atoms with Gasteiger partial charge in [0.1, 0.15) is 18.1 Å². The lowest BCUT2D eigenvalue weighted by Gasteiger charge is -1.99. The Bertz CT molecular complexity index is 479. The van der Waals surface area contributed by atoms with Crippen LogP contribution in [0.1, 0.15) is 11.7 Å². The highest BCUT2D eigenvalue weighted by Gasteiger charge is 2.12. The molecule has 2 rings (SSSR count). The molecule has 15 heavy (non-hydrogen) atoms. The summed E-state index contributed by atoms with van der Waals surface area (Å²) in [5.41, 5.74) is 1.74. The summed E-state index contributed by atoms with van der Waals surface area (Å²) in [6, 6.07) is 7.78. The summed E-state index contributed by atoms with van der Waals surface area (Å²) in [4.78, 5) is 4.21. The summed E-state index contributed by atoms with van der Waals surface area (Å²) in [7, 11) is 0. The van der Waals surface area contributed by atoms with Gasteiger partial charge in [-0.2, -0.15) is 0 Å². The molecule has 0 fully saturated rings. The SMILES string of the molecule is Cc1oc(CO)nc1-c1ccccc1Br. The van der Waals surface area contributed by atoms with Crippen molar-refractivity contribution in [3.8, 4) is 11.3 Å². The first-order valence-electron chi connectivity index (χ1n) is 4.54. The van der Waals surface area contributed by atoms with Crippen LogP contribution in [-0.2, 0) is 6.61 Å². The molecule has 0 saturated heterocycles. The van der Waals surface area contributed by atoms with Crippen LogP contribution in [0.3, 0.4) is 0 Å². The number of benzene rings is 1. The Kier molecular flexibility index (Phi) is 2.88. The van der Waals surface area contributed by atoms with Crippen LogP contribution < -0.4 is 0 Å². The third kappa shape index (κ3) is 1.96. The quantitative estimate of drug-likeness (QED) is 0.910. The zero-order chi connectivity index (χ0) is 10.8. The average Bonchev–Trinajstić information content (AvgIpc) is 2.60. The van der Waals surface area contributed by atoms with Crippen molar-refractivity contribution >= 4 is 15.9 Å². The predicted molar refractivity (Wildman–Crippen MR) is 60.3 cm³/mol. The van der Waals surface area contributed by atoms with Crippen molar-refractivity contribution in [2.24, 2.45) is 0 Å². The molecule has 0 spiro atoms. The zero-order valence-corrected chi connectivity index (χ0v) is 9.78. The summed E-state index contributed by atoms with van der Waals surface area (Å²) >= 11 is 3.45. The molecule has 1 aromatic carbocycles. The molecule has 2 aromatic rings. The largest absolute Gasteiger partial charge is 0.443 e. The number of rotatable bonds is 2. The van der Waals surface area contributed by atoms with Crippen LogP contribution in [0, 0.1) is 6.92 Å². The minimum Gasteiger partial charge on any atom is -0.443 e. The number of oxazole rings is 1. The molecule has 0 aliphatic rings. The number of hydrogen-bond donors (Lipinski definition) is 1. The van der Waals surface area contributed by atoms with Gasteiger partial charge in [-0.05, 0) is 13.0 Å². The smallest absolute Gasteiger partial charge is 0.220 e. The second kappa shape index (κ2) is 4.16. The molecule has 0 radical (unpaired) electrons. The number of nitrogens with zero attached hydrogens (tertiary/aromatic N) is 1. The summed E-state index contributed by atoms with van der Waals surface area (Å²) in [5, 5.41) is 8.92. The van der Waals surface area contributed by atoms with Gasteiger partial charge in [0.15, 0.2) is 0 Å². The zero-order valence-electron chi connectivity index (χ0n) is 8.20. The molecule has 4 heteroatoms. The van der Waals surface area contributed by atoms with E-state index in [2.05, 4.69) is 20.9 Å². The Hall–Kier alpha value is -1.13. The van der Waals surface area contributed by atoms with Crippen LogP contribution in [0.2, 0.25) is 0 Å². The third-order valence-electron chi connectivity index (χ3n) is 2.11. The van der Waals surface area contributed by atoms with E-state index in [1.165, 1.54) is 0 Å². The Labute approximate surface area is 95.9 Å². The standard InChI is InChI=1S/C11H10BrNO2/c1-7-11(13-10(6-14)15-7)8-4-2-3-5-9(8)12/h2-5,14H,6H2,1H3. The molecule has 0 amide bonds. The van der Waals surface area contributed by atoms with Crippen LogP contribution in [0.25, 0.3) is 11.3 Å². The van der Waals surface area contributed by atoms with Gasteiger partial charge in [0.05, 0.1) is 0 Å². The molecule has 0 unspecified atom stereocenters. The first-order valence-corrected chi connectivity index (χ1v) is 5.33. The van der Waals surface area contributed by atoms with Gasteiger partial charge in [-0.25, -0.2) is 4.98 Å². The molecule has 1 heterocycles. The monoisotopic (exact) mass is 267 g/mol. The van der Waals surface area contributed by atoms with E-state index in [-0.39, 0.29) is 6.61 Å². The van der Waals surface area contributed by atoms with Gasteiger partial charge in [0, 0.05) is 10.0 Å². The second-order valence-electron chi connectivity index (χ2n) is 3.15. The Balaban J connectivity index is 2.54. The average molecular weight is 268 g/mol. The molecule has 0 atom stereocenters. The number of halogens is 1. The first-order chi connectivity index (χ1) is 7.22. The normalized spacial score (nSPS) is 10.6. The van der Waals surface area contributed by atoms with E-state index in [0.717, 1.165) is 15.7 Å². The summed E-state index contributed by atoms with van der Waals surface area (Å²) in [6.45, 7) is 1.66. The maximum absolute atomic E-state index is 8.92. The van der Waals surface area contributed by atoms with E-state index in [1.54, 1.807) is 0 Å². The van der Waals surface area contributed by atoms with Crippen molar-refractivity contribution in [2.75, 3.05) is 0 Å². The van der Waals surface area contributed by atoms with Crippen molar-refractivity contribution in [1.82, 2.24) is 4.98 Å². The van der Waals surface area contributed by atoms with Crippen molar-refractivity contribution in [1.29, 1.82) is 0 Å². The summed E-state index contributed by atoms with van der Waals surface area (Å²) < 4.78 is 6.26. The number of aromatic nitrogens is 1. The fourth-order valence-corrected chi connectivity index (χ4v) is 1.89.